The highest BCUT2D eigenvalue weighted by Gasteiger charge is 2.45. The molecule has 1 heterocycles. The van der Waals surface area contributed by atoms with Gasteiger partial charge in [-0.1, -0.05) is 0 Å². The summed E-state index contributed by atoms with van der Waals surface area (Å²) in [6.45, 7) is 0.682. The molecule has 2 rings (SSSR count). The molecule has 0 radical (unpaired) electrons. The summed E-state index contributed by atoms with van der Waals surface area (Å²) in [5, 5.41) is 9.15. The molecule has 1 amide bonds. The van der Waals surface area contributed by atoms with Crippen LogP contribution in [0, 0.1) is 5.92 Å². The molecule has 2 fully saturated rings. The second kappa shape index (κ2) is 3.81. The SMILES string of the molecule is NC(=O)C1CCCN1C(C(=O)O)C1CC1. The van der Waals surface area contributed by atoms with E-state index in [1.165, 1.54) is 0 Å². The zero-order valence-corrected chi connectivity index (χ0v) is 8.56. The van der Waals surface area contributed by atoms with Gasteiger partial charge in [-0.3, -0.25) is 14.5 Å². The minimum Gasteiger partial charge on any atom is -0.480 e. The third kappa shape index (κ3) is 1.97. The predicted molar refractivity (Wildman–Crippen MR) is 53.1 cm³/mol. The Labute approximate surface area is 88.2 Å². The van der Waals surface area contributed by atoms with E-state index in [9.17, 15) is 9.59 Å². The zero-order chi connectivity index (χ0) is 11.0. The number of carbonyl (C=O) groups is 2. The smallest absolute Gasteiger partial charge is 0.321 e. The lowest BCUT2D eigenvalue weighted by molar-refractivity contribution is -0.145. The number of rotatable bonds is 4. The van der Waals surface area contributed by atoms with Crippen molar-refractivity contribution in [3.8, 4) is 0 Å². The van der Waals surface area contributed by atoms with Crippen LogP contribution in [0.25, 0.3) is 0 Å². The molecule has 84 valence electrons. The predicted octanol–water partition coefficient (Wildman–Crippen LogP) is -0.201. The van der Waals surface area contributed by atoms with Crippen molar-refractivity contribution in [3.05, 3.63) is 0 Å². The molecular formula is C10H16N2O3. The van der Waals surface area contributed by atoms with Gasteiger partial charge in [0.2, 0.25) is 5.91 Å². The number of carbonyl (C=O) groups excluding carboxylic acids is 1. The second-order valence-electron chi connectivity index (χ2n) is 4.42. The van der Waals surface area contributed by atoms with Crippen LogP contribution in [0.3, 0.4) is 0 Å². The van der Waals surface area contributed by atoms with Crippen molar-refractivity contribution in [1.82, 2.24) is 4.90 Å². The van der Waals surface area contributed by atoms with E-state index in [4.69, 9.17) is 10.8 Å². The number of aliphatic carboxylic acids is 1. The van der Waals surface area contributed by atoms with E-state index >= 15 is 0 Å². The van der Waals surface area contributed by atoms with E-state index < -0.39 is 12.0 Å². The number of primary amides is 1. The summed E-state index contributed by atoms with van der Waals surface area (Å²) in [6.07, 6.45) is 3.48. The van der Waals surface area contributed by atoms with Gasteiger partial charge >= 0.3 is 5.97 Å². The number of nitrogens with zero attached hydrogens (tertiary/aromatic N) is 1. The summed E-state index contributed by atoms with van der Waals surface area (Å²) in [4.78, 5) is 24.1. The van der Waals surface area contributed by atoms with Gasteiger partial charge in [0.15, 0.2) is 0 Å². The van der Waals surface area contributed by atoms with E-state index in [0.717, 1.165) is 19.3 Å². The topological polar surface area (TPSA) is 83.6 Å². The van der Waals surface area contributed by atoms with Gasteiger partial charge in [0.25, 0.3) is 0 Å². The highest BCUT2D eigenvalue weighted by molar-refractivity contribution is 5.82. The molecule has 1 aliphatic carbocycles. The van der Waals surface area contributed by atoms with Crippen molar-refractivity contribution in [2.45, 2.75) is 37.8 Å². The van der Waals surface area contributed by atoms with E-state index in [-0.39, 0.29) is 17.9 Å². The summed E-state index contributed by atoms with van der Waals surface area (Å²) >= 11 is 0. The van der Waals surface area contributed by atoms with E-state index in [1.54, 1.807) is 4.90 Å². The van der Waals surface area contributed by atoms with Crippen LogP contribution in [0.5, 0.6) is 0 Å². The van der Waals surface area contributed by atoms with Gasteiger partial charge in [-0.05, 0) is 38.1 Å². The fourth-order valence-electron chi connectivity index (χ4n) is 2.45. The molecular weight excluding hydrogens is 196 g/mol. The number of likely N-dealkylation sites (tertiary alicyclic amines) is 1. The highest BCUT2D eigenvalue weighted by atomic mass is 16.4. The third-order valence-corrected chi connectivity index (χ3v) is 3.30. The van der Waals surface area contributed by atoms with Gasteiger partial charge in [-0.25, -0.2) is 0 Å². The van der Waals surface area contributed by atoms with Gasteiger partial charge in [0, 0.05) is 0 Å². The normalized spacial score (nSPS) is 28.9. The molecule has 0 aromatic carbocycles. The monoisotopic (exact) mass is 212 g/mol. The molecule has 2 aliphatic rings. The number of amides is 1. The van der Waals surface area contributed by atoms with Crippen LogP contribution < -0.4 is 5.73 Å². The van der Waals surface area contributed by atoms with E-state index in [2.05, 4.69) is 0 Å². The van der Waals surface area contributed by atoms with E-state index in [0.29, 0.717) is 13.0 Å². The Kier molecular flexibility index (Phi) is 2.65. The Morgan fingerprint density at radius 2 is 2.00 bits per heavy atom. The minimum atomic E-state index is -0.814. The van der Waals surface area contributed by atoms with Gasteiger partial charge < -0.3 is 10.8 Å². The maximum absolute atomic E-state index is 11.2. The molecule has 5 heteroatoms. The maximum Gasteiger partial charge on any atom is 0.321 e. The summed E-state index contributed by atoms with van der Waals surface area (Å²) in [7, 11) is 0. The molecule has 2 unspecified atom stereocenters. The molecule has 0 aromatic rings. The number of carboxylic acids is 1. The zero-order valence-electron chi connectivity index (χ0n) is 8.56. The molecule has 1 aliphatic heterocycles. The lowest BCUT2D eigenvalue weighted by Gasteiger charge is -2.28. The first-order chi connectivity index (χ1) is 7.11. The molecule has 15 heavy (non-hydrogen) atoms. The summed E-state index contributed by atoms with van der Waals surface area (Å²) in [5.74, 6) is -0.979. The lowest BCUT2D eigenvalue weighted by atomic mass is 10.1. The van der Waals surface area contributed by atoms with Crippen LogP contribution in [-0.2, 0) is 9.59 Å². The fourth-order valence-corrected chi connectivity index (χ4v) is 2.45. The molecule has 0 aromatic heterocycles. The van der Waals surface area contributed by atoms with Crippen molar-refractivity contribution in [3.63, 3.8) is 0 Å². The molecule has 1 saturated carbocycles. The molecule has 0 bridgehead atoms. The molecule has 5 nitrogen and oxygen atoms in total. The maximum atomic E-state index is 11.2. The highest BCUT2D eigenvalue weighted by Crippen LogP contribution is 2.38. The Balaban J connectivity index is 2.12. The minimum absolute atomic E-state index is 0.224. The van der Waals surface area contributed by atoms with Crippen LogP contribution in [0.1, 0.15) is 25.7 Å². The quantitative estimate of drug-likeness (QED) is 0.676. The second-order valence-corrected chi connectivity index (χ2v) is 4.42. The Bertz CT molecular complexity index is 288. The van der Waals surface area contributed by atoms with Crippen LogP contribution >= 0.6 is 0 Å². The molecule has 3 N–H and O–H groups in total. The molecule has 0 spiro atoms. The van der Waals surface area contributed by atoms with Crippen LogP contribution in [-0.4, -0.2) is 40.5 Å². The van der Waals surface area contributed by atoms with Crippen molar-refractivity contribution in [2.24, 2.45) is 11.7 Å². The van der Waals surface area contributed by atoms with Crippen molar-refractivity contribution < 1.29 is 14.7 Å². The standard InChI is InChI=1S/C10H16N2O3/c11-9(13)7-2-1-5-12(7)8(10(14)15)6-3-4-6/h6-8H,1-5H2,(H2,11,13)(H,14,15). The first-order valence-corrected chi connectivity index (χ1v) is 5.39. The van der Waals surface area contributed by atoms with Crippen LogP contribution in [0.15, 0.2) is 0 Å². The lowest BCUT2D eigenvalue weighted by Crippen LogP contribution is -2.50. The molecule has 2 atom stereocenters. The first kappa shape index (κ1) is 10.4. The largest absolute Gasteiger partial charge is 0.480 e. The number of hydrogen-bond donors (Lipinski definition) is 2. The van der Waals surface area contributed by atoms with Gasteiger partial charge in [-0.15, -0.1) is 0 Å². The van der Waals surface area contributed by atoms with Crippen molar-refractivity contribution >= 4 is 11.9 Å². The van der Waals surface area contributed by atoms with Gasteiger partial charge in [0.05, 0.1) is 6.04 Å². The summed E-state index contributed by atoms with van der Waals surface area (Å²) in [6, 6.07) is -0.864. The first-order valence-electron chi connectivity index (χ1n) is 5.39. The molecule has 1 saturated heterocycles. The number of carboxylic acid groups (broad SMARTS) is 1. The van der Waals surface area contributed by atoms with Crippen molar-refractivity contribution in [1.29, 1.82) is 0 Å². The average Bonchev–Trinajstić information content (AvgIpc) is 2.82. The van der Waals surface area contributed by atoms with Crippen LogP contribution in [0.2, 0.25) is 0 Å². The number of hydrogen-bond acceptors (Lipinski definition) is 3. The number of nitrogens with two attached hydrogens (primary N) is 1. The third-order valence-electron chi connectivity index (χ3n) is 3.30. The summed E-state index contributed by atoms with van der Waals surface area (Å²) < 4.78 is 0. The Hall–Kier alpha value is -1.10. The average molecular weight is 212 g/mol. The van der Waals surface area contributed by atoms with E-state index in [1.807, 2.05) is 0 Å². The fraction of sp³-hybridized carbons (Fsp3) is 0.800. The summed E-state index contributed by atoms with van der Waals surface area (Å²) in [5.41, 5.74) is 5.27. The van der Waals surface area contributed by atoms with Crippen molar-refractivity contribution in [2.75, 3.05) is 6.54 Å². The van der Waals surface area contributed by atoms with Gasteiger partial charge in [0.1, 0.15) is 6.04 Å². The Morgan fingerprint density at radius 3 is 2.47 bits per heavy atom. The van der Waals surface area contributed by atoms with Crippen LogP contribution in [0.4, 0.5) is 0 Å². The Morgan fingerprint density at radius 1 is 1.33 bits per heavy atom. The van der Waals surface area contributed by atoms with Gasteiger partial charge in [-0.2, -0.15) is 0 Å².